The van der Waals surface area contributed by atoms with Crippen molar-refractivity contribution in [2.75, 3.05) is 30.8 Å². The van der Waals surface area contributed by atoms with Gasteiger partial charge >= 0.3 is 0 Å². The fourth-order valence-electron chi connectivity index (χ4n) is 3.14. The minimum Gasteiger partial charge on any atom is -0.496 e. The molecule has 2 aromatic rings. The molecular formula is C20H23N3O5S. The van der Waals surface area contributed by atoms with Crippen LogP contribution in [0.2, 0.25) is 0 Å². The third kappa shape index (κ3) is 4.75. The van der Waals surface area contributed by atoms with Gasteiger partial charge in [-0.2, -0.15) is 4.31 Å². The summed E-state index contributed by atoms with van der Waals surface area (Å²) in [6.45, 7) is 2.37. The number of hydrogen-bond acceptors (Lipinski definition) is 5. The molecule has 0 spiro atoms. The largest absolute Gasteiger partial charge is 0.496 e. The van der Waals surface area contributed by atoms with Gasteiger partial charge in [0.2, 0.25) is 15.9 Å². The van der Waals surface area contributed by atoms with Crippen LogP contribution in [0.4, 0.5) is 11.4 Å². The third-order valence-corrected chi connectivity index (χ3v) is 6.48. The minimum absolute atomic E-state index is 0.0614. The molecule has 1 fully saturated rings. The summed E-state index contributed by atoms with van der Waals surface area (Å²) in [7, 11) is -2.23. The standard InChI is InChI=1S/C20H23N3O5S/c1-14(24)21-15-5-7-16(8-6-15)22-20(25)18-13-17(9-10-19(18)28-2)29(26,27)23-11-3-4-12-23/h5-10,13H,3-4,11-12H2,1-2H3,(H,21,24)(H,22,25). The summed E-state index contributed by atoms with van der Waals surface area (Å²) in [5, 5.41) is 5.36. The molecule has 0 aliphatic carbocycles. The van der Waals surface area contributed by atoms with Crippen LogP contribution < -0.4 is 15.4 Å². The molecule has 1 aliphatic heterocycles. The van der Waals surface area contributed by atoms with Crippen molar-refractivity contribution in [2.24, 2.45) is 0 Å². The Hall–Kier alpha value is -2.91. The fraction of sp³-hybridized carbons (Fsp3) is 0.300. The van der Waals surface area contributed by atoms with E-state index in [9.17, 15) is 18.0 Å². The smallest absolute Gasteiger partial charge is 0.259 e. The van der Waals surface area contributed by atoms with E-state index < -0.39 is 15.9 Å². The van der Waals surface area contributed by atoms with E-state index in [1.165, 1.54) is 36.5 Å². The number of amides is 2. The van der Waals surface area contributed by atoms with Crippen molar-refractivity contribution in [2.45, 2.75) is 24.7 Å². The number of nitrogens with one attached hydrogen (secondary N) is 2. The van der Waals surface area contributed by atoms with Gasteiger partial charge in [-0.15, -0.1) is 0 Å². The van der Waals surface area contributed by atoms with Gasteiger partial charge in [0.1, 0.15) is 5.75 Å². The molecule has 2 aromatic carbocycles. The second-order valence-electron chi connectivity index (χ2n) is 6.69. The zero-order chi connectivity index (χ0) is 21.0. The molecule has 0 unspecified atom stereocenters. The van der Waals surface area contributed by atoms with Gasteiger partial charge in [0.05, 0.1) is 17.6 Å². The number of sulfonamides is 1. The molecule has 1 saturated heterocycles. The summed E-state index contributed by atoms with van der Waals surface area (Å²) in [6.07, 6.45) is 1.66. The van der Waals surface area contributed by atoms with E-state index >= 15 is 0 Å². The van der Waals surface area contributed by atoms with Crippen LogP contribution >= 0.6 is 0 Å². The number of nitrogens with zero attached hydrogens (tertiary/aromatic N) is 1. The number of anilines is 2. The van der Waals surface area contributed by atoms with Gasteiger partial charge in [-0.05, 0) is 55.3 Å². The number of carbonyl (C=O) groups excluding carboxylic acids is 2. The maximum absolute atomic E-state index is 12.8. The van der Waals surface area contributed by atoms with Gasteiger partial charge in [0, 0.05) is 31.4 Å². The number of rotatable bonds is 6. The second kappa shape index (κ2) is 8.62. The maximum Gasteiger partial charge on any atom is 0.259 e. The number of hydrogen-bond donors (Lipinski definition) is 2. The molecule has 29 heavy (non-hydrogen) atoms. The zero-order valence-corrected chi connectivity index (χ0v) is 17.1. The van der Waals surface area contributed by atoms with E-state index in [0.717, 1.165) is 12.8 Å². The Kier molecular flexibility index (Phi) is 6.19. The van der Waals surface area contributed by atoms with Crippen LogP contribution in [0.3, 0.4) is 0 Å². The molecule has 0 bridgehead atoms. The van der Waals surface area contributed by atoms with E-state index in [2.05, 4.69) is 10.6 Å². The summed E-state index contributed by atoms with van der Waals surface area (Å²) in [4.78, 5) is 23.9. The average molecular weight is 417 g/mol. The Morgan fingerprint density at radius 1 is 0.966 bits per heavy atom. The summed E-state index contributed by atoms with van der Waals surface area (Å²) in [5.41, 5.74) is 1.23. The molecule has 9 heteroatoms. The van der Waals surface area contributed by atoms with Crippen molar-refractivity contribution in [1.29, 1.82) is 0 Å². The lowest BCUT2D eigenvalue weighted by molar-refractivity contribution is -0.114. The van der Waals surface area contributed by atoms with Crippen molar-refractivity contribution in [3.8, 4) is 5.75 Å². The first-order chi connectivity index (χ1) is 13.8. The maximum atomic E-state index is 12.8. The lowest BCUT2D eigenvalue weighted by atomic mass is 10.1. The molecule has 0 aromatic heterocycles. The van der Waals surface area contributed by atoms with Crippen LogP contribution in [0.5, 0.6) is 5.75 Å². The van der Waals surface area contributed by atoms with Crippen LogP contribution in [0.15, 0.2) is 47.4 Å². The molecular weight excluding hydrogens is 394 g/mol. The van der Waals surface area contributed by atoms with Gasteiger partial charge < -0.3 is 15.4 Å². The molecule has 0 atom stereocenters. The topological polar surface area (TPSA) is 105 Å². The molecule has 1 heterocycles. The summed E-state index contributed by atoms with van der Waals surface area (Å²) >= 11 is 0. The van der Waals surface area contributed by atoms with E-state index in [1.54, 1.807) is 24.3 Å². The van der Waals surface area contributed by atoms with Crippen molar-refractivity contribution in [3.63, 3.8) is 0 Å². The first kappa shape index (κ1) is 20.8. The third-order valence-electron chi connectivity index (χ3n) is 4.58. The van der Waals surface area contributed by atoms with Crippen molar-refractivity contribution in [3.05, 3.63) is 48.0 Å². The number of ether oxygens (including phenoxy) is 1. The van der Waals surface area contributed by atoms with Crippen molar-refractivity contribution in [1.82, 2.24) is 4.31 Å². The Morgan fingerprint density at radius 2 is 1.55 bits per heavy atom. The summed E-state index contributed by atoms with van der Waals surface area (Å²) in [6, 6.07) is 10.9. The summed E-state index contributed by atoms with van der Waals surface area (Å²) < 4.78 is 32.3. The van der Waals surface area contributed by atoms with Gasteiger partial charge in [-0.3, -0.25) is 9.59 Å². The molecule has 0 saturated carbocycles. The quantitative estimate of drug-likeness (QED) is 0.752. The predicted octanol–water partition coefficient (Wildman–Crippen LogP) is 2.69. The monoisotopic (exact) mass is 417 g/mol. The number of methoxy groups -OCH3 is 1. The first-order valence-electron chi connectivity index (χ1n) is 9.18. The molecule has 8 nitrogen and oxygen atoms in total. The molecule has 154 valence electrons. The van der Waals surface area contributed by atoms with Crippen LogP contribution in [0, 0.1) is 0 Å². The van der Waals surface area contributed by atoms with E-state index in [1.807, 2.05) is 0 Å². The van der Waals surface area contributed by atoms with Crippen molar-refractivity contribution >= 4 is 33.2 Å². The fourth-order valence-corrected chi connectivity index (χ4v) is 4.68. The highest BCUT2D eigenvalue weighted by atomic mass is 32.2. The van der Waals surface area contributed by atoms with Crippen LogP contribution in [-0.4, -0.2) is 44.7 Å². The average Bonchev–Trinajstić information content (AvgIpc) is 3.24. The SMILES string of the molecule is COc1ccc(S(=O)(=O)N2CCCC2)cc1C(=O)Nc1ccc(NC(C)=O)cc1. The first-order valence-corrected chi connectivity index (χ1v) is 10.6. The number of benzene rings is 2. The lowest BCUT2D eigenvalue weighted by Crippen LogP contribution is -2.28. The Balaban J connectivity index is 1.84. The van der Waals surface area contributed by atoms with Gasteiger partial charge in [-0.1, -0.05) is 0 Å². The van der Waals surface area contributed by atoms with Crippen LogP contribution in [-0.2, 0) is 14.8 Å². The molecule has 2 N–H and O–H groups in total. The Bertz CT molecular complexity index is 1010. The molecule has 1 aliphatic rings. The van der Waals surface area contributed by atoms with E-state index in [0.29, 0.717) is 24.5 Å². The minimum atomic E-state index is -3.65. The highest BCUT2D eigenvalue weighted by Gasteiger charge is 2.28. The van der Waals surface area contributed by atoms with Gasteiger partial charge in [-0.25, -0.2) is 8.42 Å². The number of carbonyl (C=O) groups is 2. The normalized spacial score (nSPS) is 14.4. The van der Waals surface area contributed by atoms with Crippen LogP contribution in [0.1, 0.15) is 30.1 Å². The van der Waals surface area contributed by atoms with E-state index in [4.69, 9.17) is 4.74 Å². The summed E-state index contributed by atoms with van der Waals surface area (Å²) in [5.74, 6) is -0.409. The molecule has 2 amide bonds. The Morgan fingerprint density at radius 3 is 2.10 bits per heavy atom. The second-order valence-corrected chi connectivity index (χ2v) is 8.62. The molecule has 3 rings (SSSR count). The predicted molar refractivity (Wildman–Crippen MR) is 110 cm³/mol. The Labute approximate surface area is 169 Å². The zero-order valence-electron chi connectivity index (χ0n) is 16.3. The van der Waals surface area contributed by atoms with Crippen molar-refractivity contribution < 1.29 is 22.7 Å². The highest BCUT2D eigenvalue weighted by Crippen LogP contribution is 2.27. The van der Waals surface area contributed by atoms with Gasteiger partial charge in [0.25, 0.3) is 5.91 Å². The van der Waals surface area contributed by atoms with E-state index in [-0.39, 0.29) is 22.1 Å². The van der Waals surface area contributed by atoms with Crippen LogP contribution in [0.25, 0.3) is 0 Å². The highest BCUT2D eigenvalue weighted by molar-refractivity contribution is 7.89. The molecule has 0 radical (unpaired) electrons. The lowest BCUT2D eigenvalue weighted by Gasteiger charge is -2.17. The van der Waals surface area contributed by atoms with Gasteiger partial charge in [0.15, 0.2) is 0 Å².